The molecule has 1 atom stereocenters. The predicted octanol–water partition coefficient (Wildman–Crippen LogP) is 3.55. The zero-order valence-electron chi connectivity index (χ0n) is 7.76. The Hall–Kier alpha value is -0.690. The molecule has 1 aliphatic carbocycles. The molecule has 1 aromatic carbocycles. The van der Waals surface area contributed by atoms with E-state index in [-0.39, 0.29) is 0 Å². The van der Waals surface area contributed by atoms with Crippen LogP contribution in [0.3, 0.4) is 0 Å². The van der Waals surface area contributed by atoms with Gasteiger partial charge in [-0.15, -0.1) is 0 Å². The molecule has 0 radical (unpaired) electrons. The monoisotopic (exact) mass is 195 g/mol. The Balaban J connectivity index is 1.96. The van der Waals surface area contributed by atoms with Crippen molar-refractivity contribution in [1.29, 1.82) is 0 Å². The Morgan fingerprint density at radius 3 is 2.46 bits per heavy atom. The normalized spacial score (nSPS) is 18.3. The molecular weight excluding hydrogens is 182 g/mol. The highest BCUT2D eigenvalue weighted by atomic mass is 35.5. The van der Waals surface area contributed by atoms with Gasteiger partial charge in [-0.25, -0.2) is 0 Å². The van der Waals surface area contributed by atoms with Crippen molar-refractivity contribution in [1.82, 2.24) is 0 Å². The molecule has 2 heteroatoms. The van der Waals surface area contributed by atoms with Gasteiger partial charge in [0.1, 0.15) is 0 Å². The summed E-state index contributed by atoms with van der Waals surface area (Å²) in [6.45, 7) is 2.24. The number of rotatable bonds is 3. The Morgan fingerprint density at radius 1 is 1.31 bits per heavy atom. The van der Waals surface area contributed by atoms with Gasteiger partial charge >= 0.3 is 0 Å². The van der Waals surface area contributed by atoms with E-state index >= 15 is 0 Å². The molecule has 0 bridgehead atoms. The standard InChI is InChI=1S/C11H14ClN/c1-8(9-2-3-9)13-11-6-4-10(12)5-7-11/h4-9,13H,2-3H2,1H3/t8-/m0/s1. The van der Waals surface area contributed by atoms with Gasteiger partial charge in [-0.2, -0.15) is 0 Å². The largest absolute Gasteiger partial charge is 0.382 e. The van der Waals surface area contributed by atoms with Crippen molar-refractivity contribution < 1.29 is 0 Å². The molecule has 0 aliphatic heterocycles. The maximum absolute atomic E-state index is 5.80. The zero-order chi connectivity index (χ0) is 9.26. The topological polar surface area (TPSA) is 12.0 Å². The van der Waals surface area contributed by atoms with Gasteiger partial charge in [0, 0.05) is 16.8 Å². The van der Waals surface area contributed by atoms with Crippen LogP contribution in [0.1, 0.15) is 19.8 Å². The third-order valence-corrected chi connectivity index (χ3v) is 2.82. The van der Waals surface area contributed by atoms with Crippen LogP contribution in [0, 0.1) is 5.92 Å². The first-order chi connectivity index (χ1) is 6.25. The van der Waals surface area contributed by atoms with Crippen LogP contribution >= 0.6 is 11.6 Å². The van der Waals surface area contributed by atoms with Gasteiger partial charge in [-0.3, -0.25) is 0 Å². The Labute approximate surface area is 84.1 Å². The fourth-order valence-electron chi connectivity index (χ4n) is 1.52. The minimum atomic E-state index is 0.598. The third kappa shape index (κ3) is 2.38. The number of hydrogen-bond acceptors (Lipinski definition) is 1. The lowest BCUT2D eigenvalue weighted by atomic mass is 10.2. The number of anilines is 1. The fraction of sp³-hybridized carbons (Fsp3) is 0.455. The van der Waals surface area contributed by atoms with E-state index < -0.39 is 0 Å². The van der Waals surface area contributed by atoms with Gasteiger partial charge < -0.3 is 5.32 Å². The van der Waals surface area contributed by atoms with E-state index in [1.54, 1.807) is 0 Å². The molecule has 1 saturated carbocycles. The molecular formula is C11H14ClN. The molecule has 1 nitrogen and oxygen atoms in total. The van der Waals surface area contributed by atoms with Crippen LogP contribution in [0.25, 0.3) is 0 Å². The van der Waals surface area contributed by atoms with Crippen molar-refractivity contribution in [2.75, 3.05) is 5.32 Å². The average Bonchev–Trinajstić information content (AvgIpc) is 2.91. The summed E-state index contributed by atoms with van der Waals surface area (Å²) in [6, 6.07) is 8.50. The van der Waals surface area contributed by atoms with E-state index in [0.29, 0.717) is 6.04 Å². The molecule has 2 rings (SSSR count). The van der Waals surface area contributed by atoms with Crippen molar-refractivity contribution in [2.24, 2.45) is 5.92 Å². The molecule has 0 spiro atoms. The SMILES string of the molecule is C[C@H](Nc1ccc(Cl)cc1)C1CC1. The summed E-state index contributed by atoms with van der Waals surface area (Å²) in [4.78, 5) is 0. The lowest BCUT2D eigenvalue weighted by Crippen LogP contribution is -2.16. The average molecular weight is 196 g/mol. The minimum absolute atomic E-state index is 0.598. The van der Waals surface area contributed by atoms with Gasteiger partial charge in [0.2, 0.25) is 0 Å². The fourth-order valence-corrected chi connectivity index (χ4v) is 1.65. The quantitative estimate of drug-likeness (QED) is 0.778. The van der Waals surface area contributed by atoms with Crippen molar-refractivity contribution in [3.05, 3.63) is 29.3 Å². The smallest absolute Gasteiger partial charge is 0.0407 e. The summed E-state index contributed by atoms with van der Waals surface area (Å²) in [5, 5.41) is 4.27. The van der Waals surface area contributed by atoms with E-state index in [0.717, 1.165) is 10.9 Å². The Kier molecular flexibility index (Phi) is 2.45. The molecule has 0 amide bonds. The van der Waals surface area contributed by atoms with Crippen LogP contribution < -0.4 is 5.32 Å². The summed E-state index contributed by atoms with van der Waals surface area (Å²) in [5.41, 5.74) is 1.17. The highest BCUT2D eigenvalue weighted by Gasteiger charge is 2.27. The predicted molar refractivity (Wildman–Crippen MR) is 57.3 cm³/mol. The molecule has 1 aliphatic rings. The van der Waals surface area contributed by atoms with E-state index in [4.69, 9.17) is 11.6 Å². The van der Waals surface area contributed by atoms with Gasteiger partial charge in [-0.05, 0) is 49.9 Å². The van der Waals surface area contributed by atoms with Crippen LogP contribution in [-0.4, -0.2) is 6.04 Å². The van der Waals surface area contributed by atoms with Gasteiger partial charge in [0.25, 0.3) is 0 Å². The van der Waals surface area contributed by atoms with Gasteiger partial charge in [0.15, 0.2) is 0 Å². The molecule has 0 heterocycles. The lowest BCUT2D eigenvalue weighted by Gasteiger charge is -2.13. The first-order valence-corrected chi connectivity index (χ1v) is 5.15. The lowest BCUT2D eigenvalue weighted by molar-refractivity contribution is 0.694. The third-order valence-electron chi connectivity index (χ3n) is 2.57. The summed E-state index contributed by atoms with van der Waals surface area (Å²) in [7, 11) is 0. The molecule has 0 aromatic heterocycles. The van der Waals surface area contributed by atoms with Crippen molar-refractivity contribution in [2.45, 2.75) is 25.8 Å². The summed E-state index contributed by atoms with van der Waals surface area (Å²) < 4.78 is 0. The second-order valence-corrected chi connectivity index (χ2v) is 4.21. The highest BCUT2D eigenvalue weighted by molar-refractivity contribution is 6.30. The van der Waals surface area contributed by atoms with Crippen molar-refractivity contribution in [3.63, 3.8) is 0 Å². The van der Waals surface area contributed by atoms with Crippen LogP contribution in [0.15, 0.2) is 24.3 Å². The number of benzene rings is 1. The van der Waals surface area contributed by atoms with Gasteiger partial charge in [0.05, 0.1) is 0 Å². The highest BCUT2D eigenvalue weighted by Crippen LogP contribution is 2.33. The first-order valence-electron chi connectivity index (χ1n) is 4.78. The van der Waals surface area contributed by atoms with Crippen LogP contribution in [0.2, 0.25) is 5.02 Å². The molecule has 70 valence electrons. The second kappa shape index (κ2) is 3.59. The van der Waals surface area contributed by atoms with Crippen LogP contribution in [0.4, 0.5) is 5.69 Å². The summed E-state index contributed by atoms with van der Waals surface area (Å²) in [5.74, 6) is 0.885. The van der Waals surface area contributed by atoms with Gasteiger partial charge in [-0.1, -0.05) is 11.6 Å². The Morgan fingerprint density at radius 2 is 1.92 bits per heavy atom. The minimum Gasteiger partial charge on any atom is -0.382 e. The number of halogens is 1. The maximum atomic E-state index is 5.80. The Bertz CT molecular complexity index is 277. The molecule has 1 aromatic rings. The maximum Gasteiger partial charge on any atom is 0.0407 e. The van der Waals surface area contributed by atoms with Crippen LogP contribution in [-0.2, 0) is 0 Å². The van der Waals surface area contributed by atoms with E-state index in [2.05, 4.69) is 12.2 Å². The molecule has 0 saturated heterocycles. The first kappa shape index (κ1) is 8.89. The van der Waals surface area contributed by atoms with Crippen molar-refractivity contribution >= 4 is 17.3 Å². The van der Waals surface area contributed by atoms with E-state index in [1.807, 2.05) is 24.3 Å². The number of nitrogens with one attached hydrogen (secondary N) is 1. The van der Waals surface area contributed by atoms with Crippen LogP contribution in [0.5, 0.6) is 0 Å². The molecule has 1 N–H and O–H groups in total. The second-order valence-electron chi connectivity index (χ2n) is 3.78. The molecule has 1 fully saturated rings. The number of hydrogen-bond donors (Lipinski definition) is 1. The summed E-state index contributed by atoms with van der Waals surface area (Å²) >= 11 is 5.80. The molecule has 0 unspecified atom stereocenters. The zero-order valence-corrected chi connectivity index (χ0v) is 8.51. The van der Waals surface area contributed by atoms with E-state index in [9.17, 15) is 0 Å². The molecule has 13 heavy (non-hydrogen) atoms. The summed E-state index contributed by atoms with van der Waals surface area (Å²) in [6.07, 6.45) is 2.75. The van der Waals surface area contributed by atoms with Crippen molar-refractivity contribution in [3.8, 4) is 0 Å². The van der Waals surface area contributed by atoms with E-state index in [1.165, 1.54) is 18.5 Å².